The molecule has 0 fully saturated rings. The minimum absolute atomic E-state index is 0.0574. The number of rotatable bonds is 4. The maximum absolute atomic E-state index is 12.3. The number of nitrogens with zero attached hydrogens (tertiary/aromatic N) is 2. The van der Waals surface area contributed by atoms with Gasteiger partial charge >= 0.3 is 5.97 Å². The van der Waals surface area contributed by atoms with Crippen LogP contribution in [-0.4, -0.2) is 28.5 Å². The van der Waals surface area contributed by atoms with Crippen molar-refractivity contribution in [3.63, 3.8) is 0 Å². The molecule has 6 nitrogen and oxygen atoms in total. The Balaban J connectivity index is 1.99. The van der Waals surface area contributed by atoms with Gasteiger partial charge in [-0.1, -0.05) is 18.2 Å². The standard InChI is InChI=1S/C16H19N3O3/c1-3-21-16(20)13-14(17-12-7-5-4-6-8-12)18-19-10-9-11(2)22-15(13)19/h4-8,11H,3,9-10H2,1-2H3,(H,17,18)/t11-/m1/s1. The maximum atomic E-state index is 12.3. The van der Waals surface area contributed by atoms with Gasteiger partial charge in [0.25, 0.3) is 0 Å². The van der Waals surface area contributed by atoms with E-state index in [9.17, 15) is 4.79 Å². The van der Waals surface area contributed by atoms with E-state index < -0.39 is 5.97 Å². The number of anilines is 2. The number of carbonyl (C=O) groups is 1. The maximum Gasteiger partial charge on any atom is 0.347 e. The molecule has 0 spiro atoms. The Morgan fingerprint density at radius 3 is 2.95 bits per heavy atom. The van der Waals surface area contributed by atoms with Gasteiger partial charge in [0.2, 0.25) is 5.88 Å². The van der Waals surface area contributed by atoms with Crippen LogP contribution in [-0.2, 0) is 11.3 Å². The van der Waals surface area contributed by atoms with Crippen molar-refractivity contribution in [2.45, 2.75) is 32.9 Å². The minimum Gasteiger partial charge on any atom is -0.474 e. The third-order valence-electron chi connectivity index (χ3n) is 3.48. The summed E-state index contributed by atoms with van der Waals surface area (Å²) in [5, 5.41) is 7.63. The molecule has 1 aliphatic heterocycles. The summed E-state index contributed by atoms with van der Waals surface area (Å²) in [6.45, 7) is 4.79. The van der Waals surface area contributed by atoms with Gasteiger partial charge in [-0.05, 0) is 26.0 Å². The van der Waals surface area contributed by atoms with E-state index in [2.05, 4.69) is 10.4 Å². The third kappa shape index (κ3) is 2.77. The van der Waals surface area contributed by atoms with Crippen molar-refractivity contribution in [3.05, 3.63) is 35.9 Å². The molecule has 0 radical (unpaired) electrons. The largest absolute Gasteiger partial charge is 0.474 e. The predicted molar refractivity (Wildman–Crippen MR) is 82.6 cm³/mol. The Hall–Kier alpha value is -2.50. The number of carbonyl (C=O) groups excluding carboxylic acids is 1. The molecular formula is C16H19N3O3. The Morgan fingerprint density at radius 2 is 2.23 bits per heavy atom. The lowest BCUT2D eigenvalue weighted by Crippen LogP contribution is -2.24. The second-order valence-corrected chi connectivity index (χ2v) is 5.18. The number of para-hydroxylation sites is 1. The fourth-order valence-electron chi connectivity index (χ4n) is 2.40. The molecule has 0 saturated carbocycles. The van der Waals surface area contributed by atoms with Gasteiger partial charge in [0.15, 0.2) is 11.4 Å². The first-order valence-electron chi connectivity index (χ1n) is 7.45. The van der Waals surface area contributed by atoms with Gasteiger partial charge in [-0.25, -0.2) is 9.48 Å². The fraction of sp³-hybridized carbons (Fsp3) is 0.375. The highest BCUT2D eigenvalue weighted by molar-refractivity contribution is 5.98. The molecule has 1 atom stereocenters. The van der Waals surface area contributed by atoms with Gasteiger partial charge in [0.1, 0.15) is 0 Å². The zero-order valence-electron chi connectivity index (χ0n) is 12.7. The first kappa shape index (κ1) is 14.4. The molecule has 1 aromatic carbocycles. The van der Waals surface area contributed by atoms with Crippen LogP contribution < -0.4 is 10.1 Å². The van der Waals surface area contributed by atoms with Crippen LogP contribution in [0.2, 0.25) is 0 Å². The van der Waals surface area contributed by atoms with Crippen molar-refractivity contribution in [3.8, 4) is 5.88 Å². The van der Waals surface area contributed by atoms with Gasteiger partial charge in [0, 0.05) is 18.7 Å². The van der Waals surface area contributed by atoms with Crippen LogP contribution in [0.4, 0.5) is 11.5 Å². The number of aryl methyl sites for hydroxylation is 1. The molecule has 0 amide bonds. The summed E-state index contributed by atoms with van der Waals surface area (Å²) in [7, 11) is 0. The van der Waals surface area contributed by atoms with Crippen LogP contribution in [0.5, 0.6) is 5.88 Å². The Morgan fingerprint density at radius 1 is 1.45 bits per heavy atom. The van der Waals surface area contributed by atoms with Gasteiger partial charge in [-0.15, -0.1) is 0 Å². The Kier molecular flexibility index (Phi) is 4.00. The van der Waals surface area contributed by atoms with E-state index in [1.807, 2.05) is 37.3 Å². The highest BCUT2D eigenvalue weighted by Crippen LogP contribution is 2.33. The molecule has 22 heavy (non-hydrogen) atoms. The molecule has 1 aromatic heterocycles. The van der Waals surface area contributed by atoms with Crippen LogP contribution in [0.3, 0.4) is 0 Å². The molecule has 116 valence electrons. The fourth-order valence-corrected chi connectivity index (χ4v) is 2.40. The summed E-state index contributed by atoms with van der Waals surface area (Å²) in [5.41, 5.74) is 1.22. The zero-order valence-corrected chi connectivity index (χ0v) is 12.7. The Bertz CT molecular complexity index is 667. The second-order valence-electron chi connectivity index (χ2n) is 5.18. The van der Waals surface area contributed by atoms with E-state index in [-0.39, 0.29) is 6.10 Å². The third-order valence-corrected chi connectivity index (χ3v) is 3.48. The van der Waals surface area contributed by atoms with E-state index in [1.54, 1.807) is 11.6 Å². The van der Waals surface area contributed by atoms with Crippen LogP contribution in [0.25, 0.3) is 0 Å². The van der Waals surface area contributed by atoms with Gasteiger partial charge in [0.05, 0.1) is 12.7 Å². The SMILES string of the molecule is CCOC(=O)c1c(Nc2ccccc2)nn2c1O[C@H](C)CC2. The molecule has 1 aliphatic rings. The minimum atomic E-state index is -0.420. The van der Waals surface area contributed by atoms with E-state index in [0.717, 1.165) is 18.7 Å². The van der Waals surface area contributed by atoms with E-state index in [4.69, 9.17) is 9.47 Å². The highest BCUT2D eigenvalue weighted by Gasteiger charge is 2.30. The number of ether oxygens (including phenoxy) is 2. The lowest BCUT2D eigenvalue weighted by Gasteiger charge is -2.21. The molecule has 3 rings (SSSR count). The van der Waals surface area contributed by atoms with Crippen LogP contribution in [0, 0.1) is 0 Å². The molecular weight excluding hydrogens is 282 g/mol. The molecule has 0 saturated heterocycles. The molecule has 0 unspecified atom stereocenters. The van der Waals surface area contributed by atoms with E-state index in [1.165, 1.54) is 0 Å². The van der Waals surface area contributed by atoms with Gasteiger partial charge in [-0.2, -0.15) is 5.10 Å². The van der Waals surface area contributed by atoms with Crippen molar-refractivity contribution in [2.75, 3.05) is 11.9 Å². The monoisotopic (exact) mass is 301 g/mol. The first-order chi connectivity index (χ1) is 10.7. The average molecular weight is 301 g/mol. The Labute approximate surface area is 129 Å². The number of nitrogens with one attached hydrogen (secondary N) is 1. The van der Waals surface area contributed by atoms with Crippen LogP contribution in [0.15, 0.2) is 30.3 Å². The zero-order chi connectivity index (χ0) is 15.5. The number of aromatic nitrogens is 2. The highest BCUT2D eigenvalue weighted by atomic mass is 16.5. The summed E-state index contributed by atoms with van der Waals surface area (Å²) < 4.78 is 12.7. The molecule has 2 aromatic rings. The van der Waals surface area contributed by atoms with Crippen LogP contribution in [0.1, 0.15) is 30.6 Å². The van der Waals surface area contributed by atoms with Gasteiger partial charge < -0.3 is 14.8 Å². The summed E-state index contributed by atoms with van der Waals surface area (Å²) in [5.74, 6) is 0.528. The quantitative estimate of drug-likeness (QED) is 0.879. The molecule has 0 aliphatic carbocycles. The summed E-state index contributed by atoms with van der Waals surface area (Å²) in [6, 6.07) is 9.59. The number of hydrogen-bond donors (Lipinski definition) is 1. The van der Waals surface area contributed by atoms with Crippen molar-refractivity contribution in [1.82, 2.24) is 9.78 Å². The second kappa shape index (κ2) is 6.09. The smallest absolute Gasteiger partial charge is 0.347 e. The van der Waals surface area contributed by atoms with Gasteiger partial charge in [-0.3, -0.25) is 0 Å². The summed E-state index contributed by atoms with van der Waals surface area (Å²) in [4.78, 5) is 12.3. The summed E-state index contributed by atoms with van der Waals surface area (Å²) in [6.07, 6.45) is 0.920. The predicted octanol–water partition coefficient (Wildman–Crippen LogP) is 2.97. The van der Waals surface area contributed by atoms with E-state index >= 15 is 0 Å². The average Bonchev–Trinajstić information content (AvgIpc) is 2.85. The lowest BCUT2D eigenvalue weighted by atomic mass is 10.2. The molecule has 2 heterocycles. The topological polar surface area (TPSA) is 65.4 Å². The summed E-state index contributed by atoms with van der Waals surface area (Å²) >= 11 is 0. The molecule has 0 bridgehead atoms. The van der Waals surface area contributed by atoms with Crippen LogP contribution >= 0.6 is 0 Å². The number of hydrogen-bond acceptors (Lipinski definition) is 5. The number of esters is 1. The van der Waals surface area contributed by atoms with Crippen molar-refractivity contribution >= 4 is 17.5 Å². The van der Waals surface area contributed by atoms with E-state index in [0.29, 0.717) is 23.9 Å². The normalized spacial score (nSPS) is 16.5. The molecule has 6 heteroatoms. The number of fused-ring (bicyclic) bond motifs is 1. The lowest BCUT2D eigenvalue weighted by molar-refractivity contribution is 0.0515. The number of benzene rings is 1. The molecule has 1 N–H and O–H groups in total. The van der Waals surface area contributed by atoms with Crippen molar-refractivity contribution in [1.29, 1.82) is 0 Å². The van der Waals surface area contributed by atoms with Crippen molar-refractivity contribution in [2.24, 2.45) is 0 Å². The first-order valence-corrected chi connectivity index (χ1v) is 7.45. The van der Waals surface area contributed by atoms with Crippen molar-refractivity contribution < 1.29 is 14.3 Å².